The van der Waals surface area contributed by atoms with Crippen LogP contribution in [0.25, 0.3) is 0 Å². The summed E-state index contributed by atoms with van der Waals surface area (Å²) in [5.41, 5.74) is 11.8. The predicted molar refractivity (Wildman–Crippen MR) is 108 cm³/mol. The highest BCUT2D eigenvalue weighted by Crippen LogP contribution is 2.20. The lowest BCUT2D eigenvalue weighted by Gasteiger charge is -2.09. The second-order valence-corrected chi connectivity index (χ2v) is 7.01. The van der Waals surface area contributed by atoms with Crippen LogP contribution >= 0.6 is 11.3 Å². The molecular formula is C20H20N4O2S. The highest BCUT2D eigenvalue weighted by atomic mass is 32.1. The number of anilines is 1. The van der Waals surface area contributed by atoms with Gasteiger partial charge in [0.15, 0.2) is 5.13 Å². The number of aromatic nitrogens is 1. The van der Waals surface area contributed by atoms with E-state index in [1.165, 1.54) is 5.56 Å². The number of para-hydroxylation sites is 1. The number of nitrogens with two attached hydrogens (primary N) is 1. The summed E-state index contributed by atoms with van der Waals surface area (Å²) in [5.74, 6) is 0.352. The first-order chi connectivity index (χ1) is 13.0. The van der Waals surface area contributed by atoms with E-state index in [1.54, 1.807) is 13.1 Å². The van der Waals surface area contributed by atoms with Gasteiger partial charge in [0.2, 0.25) is 0 Å². The van der Waals surface area contributed by atoms with Gasteiger partial charge in [-0.1, -0.05) is 53.3 Å². The van der Waals surface area contributed by atoms with Crippen molar-refractivity contribution < 1.29 is 9.53 Å². The summed E-state index contributed by atoms with van der Waals surface area (Å²) >= 11 is 1.13. The van der Waals surface area contributed by atoms with Crippen molar-refractivity contribution in [3.05, 3.63) is 75.8 Å². The molecule has 0 bridgehead atoms. The number of amides is 1. The largest absolute Gasteiger partial charge is 0.488 e. The average molecular weight is 380 g/mol. The smallest absolute Gasteiger partial charge is 0.283 e. The molecular weight excluding hydrogens is 360 g/mol. The van der Waals surface area contributed by atoms with Gasteiger partial charge in [-0.3, -0.25) is 4.79 Å². The normalized spacial score (nSPS) is 10.9. The van der Waals surface area contributed by atoms with E-state index in [9.17, 15) is 4.79 Å². The summed E-state index contributed by atoms with van der Waals surface area (Å²) in [6.07, 6.45) is 1.56. The molecule has 3 N–H and O–H groups in total. The van der Waals surface area contributed by atoms with Crippen molar-refractivity contribution in [1.82, 2.24) is 10.4 Å². The molecule has 0 atom stereocenters. The van der Waals surface area contributed by atoms with Crippen LogP contribution < -0.4 is 15.9 Å². The average Bonchev–Trinajstić information content (AvgIpc) is 3.00. The van der Waals surface area contributed by atoms with Crippen molar-refractivity contribution in [3.63, 3.8) is 0 Å². The van der Waals surface area contributed by atoms with E-state index in [0.717, 1.165) is 22.5 Å². The second kappa shape index (κ2) is 8.46. The van der Waals surface area contributed by atoms with E-state index in [2.05, 4.69) is 27.6 Å². The fourth-order valence-corrected chi connectivity index (χ4v) is 3.13. The molecule has 0 aliphatic carbocycles. The molecule has 0 spiro atoms. The zero-order chi connectivity index (χ0) is 19.2. The summed E-state index contributed by atoms with van der Waals surface area (Å²) in [4.78, 5) is 16.6. The maximum Gasteiger partial charge on any atom is 0.283 e. The van der Waals surface area contributed by atoms with E-state index in [1.807, 2.05) is 43.3 Å². The Balaban J connectivity index is 1.64. The van der Waals surface area contributed by atoms with Crippen LogP contribution in [0.15, 0.2) is 53.6 Å². The first kappa shape index (κ1) is 18.6. The molecule has 0 unspecified atom stereocenters. The van der Waals surface area contributed by atoms with Crippen molar-refractivity contribution >= 4 is 28.6 Å². The minimum Gasteiger partial charge on any atom is -0.488 e. The van der Waals surface area contributed by atoms with Crippen LogP contribution in [0.3, 0.4) is 0 Å². The number of hydrazone groups is 1. The van der Waals surface area contributed by atoms with Crippen LogP contribution in [0.2, 0.25) is 0 Å². The fourth-order valence-electron chi connectivity index (χ4n) is 2.40. The summed E-state index contributed by atoms with van der Waals surface area (Å²) in [6, 6.07) is 15.7. The van der Waals surface area contributed by atoms with Gasteiger partial charge in [-0.05, 0) is 31.5 Å². The third-order valence-corrected chi connectivity index (χ3v) is 4.81. The molecule has 0 fully saturated rings. The first-order valence-electron chi connectivity index (χ1n) is 8.36. The van der Waals surface area contributed by atoms with Gasteiger partial charge >= 0.3 is 0 Å². The molecule has 0 radical (unpaired) electrons. The molecule has 3 rings (SSSR count). The molecule has 3 aromatic rings. The summed E-state index contributed by atoms with van der Waals surface area (Å²) in [6.45, 7) is 4.24. The molecule has 0 saturated carbocycles. The van der Waals surface area contributed by atoms with Crippen LogP contribution in [0.5, 0.6) is 5.75 Å². The van der Waals surface area contributed by atoms with Gasteiger partial charge in [0.1, 0.15) is 17.2 Å². The Kier molecular flexibility index (Phi) is 5.83. The Labute approximate surface area is 161 Å². The van der Waals surface area contributed by atoms with Gasteiger partial charge in [0.05, 0.1) is 11.9 Å². The van der Waals surface area contributed by atoms with Crippen molar-refractivity contribution in [3.8, 4) is 5.75 Å². The monoisotopic (exact) mass is 380 g/mol. The highest BCUT2D eigenvalue weighted by molar-refractivity contribution is 7.17. The lowest BCUT2D eigenvalue weighted by molar-refractivity contribution is 0.0958. The van der Waals surface area contributed by atoms with Crippen molar-refractivity contribution in [2.75, 3.05) is 5.73 Å². The van der Waals surface area contributed by atoms with Crippen LogP contribution in [-0.2, 0) is 6.61 Å². The van der Waals surface area contributed by atoms with Gasteiger partial charge < -0.3 is 10.5 Å². The van der Waals surface area contributed by atoms with Gasteiger partial charge in [0, 0.05) is 5.56 Å². The molecule has 0 aliphatic rings. The van der Waals surface area contributed by atoms with E-state index >= 15 is 0 Å². The highest BCUT2D eigenvalue weighted by Gasteiger charge is 2.13. The van der Waals surface area contributed by atoms with Crippen molar-refractivity contribution in [1.29, 1.82) is 0 Å². The first-order valence-corrected chi connectivity index (χ1v) is 9.18. The van der Waals surface area contributed by atoms with E-state index in [0.29, 0.717) is 28.1 Å². The van der Waals surface area contributed by atoms with Crippen LogP contribution in [0.1, 0.15) is 32.1 Å². The number of nitrogens with zero attached hydrogens (tertiary/aromatic N) is 2. The Morgan fingerprint density at radius 1 is 1.22 bits per heavy atom. The number of carbonyl (C=O) groups is 1. The molecule has 0 saturated heterocycles. The van der Waals surface area contributed by atoms with Crippen LogP contribution in [0, 0.1) is 13.8 Å². The van der Waals surface area contributed by atoms with Crippen molar-refractivity contribution in [2.45, 2.75) is 20.5 Å². The molecule has 2 aromatic carbocycles. The maximum atomic E-state index is 12.2. The van der Waals surface area contributed by atoms with Gasteiger partial charge in [-0.15, -0.1) is 0 Å². The minimum absolute atomic E-state index is 0.337. The van der Waals surface area contributed by atoms with Gasteiger partial charge in [0.25, 0.3) is 5.91 Å². The molecule has 1 heterocycles. The van der Waals surface area contributed by atoms with E-state index < -0.39 is 0 Å². The van der Waals surface area contributed by atoms with Gasteiger partial charge in [-0.25, -0.2) is 10.4 Å². The third-order valence-electron chi connectivity index (χ3n) is 3.82. The standard InChI is InChI=1S/C20H20N4O2S/c1-13-7-9-15(10-8-13)12-26-17-6-4-3-5-16(17)11-22-24-19(25)18-14(2)23-20(21)27-18/h3-11H,12H2,1-2H3,(H2,21,23)(H,24,25)/b22-11+. The Hall–Kier alpha value is -3.19. The molecule has 1 aromatic heterocycles. The molecule has 27 heavy (non-hydrogen) atoms. The number of aryl methyl sites for hydroxylation is 2. The van der Waals surface area contributed by atoms with E-state index in [4.69, 9.17) is 10.5 Å². The van der Waals surface area contributed by atoms with Gasteiger partial charge in [-0.2, -0.15) is 5.10 Å². The lowest BCUT2D eigenvalue weighted by atomic mass is 10.1. The summed E-state index contributed by atoms with van der Waals surface area (Å²) in [5, 5.41) is 4.39. The molecule has 1 amide bonds. The zero-order valence-corrected chi connectivity index (χ0v) is 15.9. The number of nitrogen functional groups attached to an aromatic ring is 1. The molecule has 6 nitrogen and oxygen atoms in total. The number of hydrogen-bond acceptors (Lipinski definition) is 6. The zero-order valence-electron chi connectivity index (χ0n) is 15.1. The minimum atomic E-state index is -0.337. The molecule has 7 heteroatoms. The SMILES string of the molecule is Cc1ccc(COc2ccccc2/C=N/NC(=O)c2sc(N)nc2C)cc1. The Morgan fingerprint density at radius 2 is 1.96 bits per heavy atom. The Morgan fingerprint density at radius 3 is 2.67 bits per heavy atom. The number of carbonyl (C=O) groups excluding carboxylic acids is 1. The van der Waals surface area contributed by atoms with Crippen LogP contribution in [0.4, 0.5) is 5.13 Å². The number of nitrogens with one attached hydrogen (secondary N) is 1. The molecule has 0 aliphatic heterocycles. The summed E-state index contributed by atoms with van der Waals surface area (Å²) < 4.78 is 5.90. The third kappa shape index (κ3) is 4.92. The number of benzene rings is 2. The quantitative estimate of drug-likeness (QED) is 0.504. The topological polar surface area (TPSA) is 89.6 Å². The van der Waals surface area contributed by atoms with Crippen molar-refractivity contribution in [2.24, 2.45) is 5.10 Å². The fraction of sp³-hybridized carbons (Fsp3) is 0.150. The summed E-state index contributed by atoms with van der Waals surface area (Å²) in [7, 11) is 0. The molecule has 138 valence electrons. The number of ether oxygens (including phenoxy) is 1. The van der Waals surface area contributed by atoms with Crippen LogP contribution in [-0.4, -0.2) is 17.1 Å². The number of rotatable bonds is 6. The Bertz CT molecular complexity index is 964. The lowest BCUT2D eigenvalue weighted by Crippen LogP contribution is -2.17. The number of thiazole rings is 1. The second-order valence-electron chi connectivity index (χ2n) is 5.98. The van der Waals surface area contributed by atoms with E-state index in [-0.39, 0.29) is 5.91 Å². The maximum absolute atomic E-state index is 12.2. The number of hydrogen-bond donors (Lipinski definition) is 2. The predicted octanol–water partition coefficient (Wildman–Crippen LogP) is 3.69.